The first kappa shape index (κ1) is 16.4. The number of imidazole rings is 1. The second kappa shape index (κ2) is 6.87. The smallest absolute Gasteiger partial charge is 0.313 e. The Morgan fingerprint density at radius 3 is 2.76 bits per heavy atom. The molecule has 0 aliphatic rings. The van der Waals surface area contributed by atoms with Gasteiger partial charge in [0, 0.05) is 7.11 Å². The molecule has 2 rings (SSSR count). The maximum Gasteiger partial charge on any atom is 0.313 e. The van der Waals surface area contributed by atoms with Crippen LogP contribution in [-0.2, 0) is 16.1 Å². The van der Waals surface area contributed by atoms with Crippen LogP contribution in [0.2, 0.25) is 10.0 Å². The van der Waals surface area contributed by atoms with Crippen LogP contribution in [0.3, 0.4) is 0 Å². The second-order valence-corrected chi connectivity index (χ2v) is 6.25. The van der Waals surface area contributed by atoms with Crippen molar-refractivity contribution in [2.24, 2.45) is 0 Å². The summed E-state index contributed by atoms with van der Waals surface area (Å²) in [6.45, 7) is 2.47. The lowest BCUT2D eigenvalue weighted by Crippen LogP contribution is -2.15. The minimum atomic E-state index is -0.894. The van der Waals surface area contributed by atoms with Crippen molar-refractivity contribution >= 4 is 52.0 Å². The van der Waals surface area contributed by atoms with Crippen LogP contribution in [0.5, 0.6) is 0 Å². The lowest BCUT2D eigenvalue weighted by atomic mass is 10.3. The molecule has 1 unspecified atom stereocenters. The van der Waals surface area contributed by atoms with Crippen molar-refractivity contribution in [1.29, 1.82) is 0 Å². The number of ether oxygens (including phenoxy) is 1. The molecular formula is C13H14Cl2N2O3S. The Kier molecular flexibility index (Phi) is 5.37. The van der Waals surface area contributed by atoms with E-state index in [-0.39, 0.29) is 11.9 Å². The van der Waals surface area contributed by atoms with E-state index >= 15 is 0 Å². The molecule has 1 aromatic heterocycles. The summed E-state index contributed by atoms with van der Waals surface area (Å²) in [5, 5.41) is 10.3. The highest BCUT2D eigenvalue weighted by Gasteiger charge is 2.16. The fraction of sp³-hybridized carbons (Fsp3) is 0.385. The van der Waals surface area contributed by atoms with Crippen LogP contribution < -0.4 is 0 Å². The van der Waals surface area contributed by atoms with Crippen LogP contribution in [0, 0.1) is 0 Å². The number of thioether (sulfide) groups is 1. The largest absolute Gasteiger partial charge is 0.481 e. The van der Waals surface area contributed by atoms with E-state index < -0.39 is 5.97 Å². The highest BCUT2D eigenvalue weighted by Crippen LogP contribution is 2.31. The number of benzene rings is 1. The van der Waals surface area contributed by atoms with Crippen molar-refractivity contribution in [3.63, 3.8) is 0 Å². The zero-order valence-electron chi connectivity index (χ0n) is 11.5. The first-order valence-corrected chi connectivity index (χ1v) is 7.89. The first-order chi connectivity index (χ1) is 9.92. The molecule has 1 heterocycles. The van der Waals surface area contributed by atoms with E-state index in [0.717, 1.165) is 17.3 Å². The van der Waals surface area contributed by atoms with Gasteiger partial charge >= 0.3 is 5.97 Å². The Labute approximate surface area is 136 Å². The highest BCUT2D eigenvalue weighted by atomic mass is 35.5. The molecule has 1 N–H and O–H groups in total. The number of halogens is 2. The molecule has 0 aliphatic heterocycles. The number of methoxy groups -OCH3 is 1. The first-order valence-electron chi connectivity index (χ1n) is 6.15. The predicted octanol–water partition coefficient (Wildman–Crippen LogP) is 3.55. The van der Waals surface area contributed by atoms with Gasteiger partial charge in [-0.25, -0.2) is 4.98 Å². The summed E-state index contributed by atoms with van der Waals surface area (Å²) in [7, 11) is 1.62. The molecule has 1 atom stereocenters. The van der Waals surface area contributed by atoms with Crippen molar-refractivity contribution in [3.8, 4) is 0 Å². The van der Waals surface area contributed by atoms with Gasteiger partial charge in [0.2, 0.25) is 0 Å². The number of fused-ring (bicyclic) bond motifs is 1. The van der Waals surface area contributed by atoms with E-state index in [9.17, 15) is 4.79 Å². The zero-order valence-corrected chi connectivity index (χ0v) is 13.8. The van der Waals surface area contributed by atoms with E-state index in [1.807, 2.05) is 11.5 Å². The number of nitrogens with zero attached hydrogens (tertiary/aromatic N) is 2. The number of rotatable bonds is 6. The Morgan fingerprint density at radius 1 is 1.48 bits per heavy atom. The Hall–Kier alpha value is -0.950. The summed E-state index contributed by atoms with van der Waals surface area (Å²) in [5.41, 5.74) is 1.49. The van der Waals surface area contributed by atoms with Crippen LogP contribution in [0.25, 0.3) is 11.0 Å². The summed E-state index contributed by atoms with van der Waals surface area (Å²) in [4.78, 5) is 15.2. The van der Waals surface area contributed by atoms with Crippen LogP contribution >= 0.6 is 35.0 Å². The average molecular weight is 349 g/mol. The van der Waals surface area contributed by atoms with Gasteiger partial charge in [-0.15, -0.1) is 0 Å². The third kappa shape index (κ3) is 3.83. The van der Waals surface area contributed by atoms with E-state index in [2.05, 4.69) is 4.98 Å². The maximum absolute atomic E-state index is 10.8. The van der Waals surface area contributed by atoms with Crippen molar-refractivity contribution in [2.45, 2.75) is 24.7 Å². The SMILES string of the molecule is COC(C)Cn1c(SCC(=O)O)nc2cc(Cl)c(Cl)cc21. The monoisotopic (exact) mass is 348 g/mol. The van der Waals surface area contributed by atoms with Crippen molar-refractivity contribution in [1.82, 2.24) is 9.55 Å². The van der Waals surface area contributed by atoms with E-state index in [1.165, 1.54) is 0 Å². The lowest BCUT2D eigenvalue weighted by Gasteiger charge is -2.13. The van der Waals surface area contributed by atoms with Crippen molar-refractivity contribution in [2.75, 3.05) is 12.9 Å². The molecule has 21 heavy (non-hydrogen) atoms. The van der Waals surface area contributed by atoms with Gasteiger partial charge in [0.1, 0.15) is 0 Å². The number of carbonyl (C=O) groups is 1. The standard InChI is InChI=1S/C13H14Cl2N2O3S/c1-7(20-2)5-17-11-4-9(15)8(14)3-10(11)16-13(17)21-6-12(18)19/h3-4,7H,5-6H2,1-2H3,(H,18,19). The number of carboxylic acid groups (broad SMARTS) is 1. The second-order valence-electron chi connectivity index (χ2n) is 4.49. The Bertz CT molecular complexity index is 675. The number of hydrogen-bond donors (Lipinski definition) is 1. The van der Waals surface area contributed by atoms with Crippen molar-refractivity contribution < 1.29 is 14.6 Å². The van der Waals surface area contributed by atoms with E-state index in [0.29, 0.717) is 27.3 Å². The van der Waals surface area contributed by atoms with Gasteiger partial charge < -0.3 is 14.4 Å². The van der Waals surface area contributed by atoms with Gasteiger partial charge in [-0.05, 0) is 19.1 Å². The fourth-order valence-corrected chi connectivity index (χ4v) is 2.90. The lowest BCUT2D eigenvalue weighted by molar-refractivity contribution is -0.133. The average Bonchev–Trinajstić information content (AvgIpc) is 2.74. The molecule has 0 amide bonds. The molecule has 0 saturated carbocycles. The Morgan fingerprint density at radius 2 is 2.14 bits per heavy atom. The molecule has 0 saturated heterocycles. The number of carboxylic acids is 1. The highest BCUT2D eigenvalue weighted by molar-refractivity contribution is 7.99. The molecule has 8 heteroatoms. The summed E-state index contributed by atoms with van der Waals surface area (Å²) in [6.07, 6.45) is -0.0407. The van der Waals surface area contributed by atoms with Gasteiger partial charge in [0.25, 0.3) is 0 Å². The summed E-state index contributed by atoms with van der Waals surface area (Å²) < 4.78 is 7.18. The van der Waals surface area contributed by atoms with Crippen LogP contribution in [0.15, 0.2) is 17.3 Å². The van der Waals surface area contributed by atoms with E-state index in [1.54, 1.807) is 19.2 Å². The molecule has 0 fully saturated rings. The van der Waals surface area contributed by atoms with Gasteiger partial charge in [-0.1, -0.05) is 35.0 Å². The zero-order chi connectivity index (χ0) is 15.6. The quantitative estimate of drug-likeness (QED) is 0.808. The molecule has 2 aromatic rings. The molecule has 0 spiro atoms. The number of hydrogen-bond acceptors (Lipinski definition) is 4. The summed E-state index contributed by atoms with van der Waals surface area (Å²) in [6, 6.07) is 3.41. The Balaban J connectivity index is 2.48. The molecule has 5 nitrogen and oxygen atoms in total. The maximum atomic E-state index is 10.8. The fourth-order valence-electron chi connectivity index (χ4n) is 1.84. The molecular weight excluding hydrogens is 335 g/mol. The van der Waals surface area contributed by atoms with Crippen LogP contribution in [-0.4, -0.2) is 39.6 Å². The number of aromatic nitrogens is 2. The van der Waals surface area contributed by atoms with Crippen LogP contribution in [0.1, 0.15) is 6.92 Å². The van der Waals surface area contributed by atoms with E-state index in [4.69, 9.17) is 33.0 Å². The van der Waals surface area contributed by atoms with Crippen LogP contribution in [0.4, 0.5) is 0 Å². The molecule has 1 aromatic carbocycles. The normalized spacial score (nSPS) is 12.8. The summed E-state index contributed by atoms with van der Waals surface area (Å²) >= 11 is 13.2. The van der Waals surface area contributed by atoms with Gasteiger partial charge in [0.05, 0.1) is 39.5 Å². The minimum Gasteiger partial charge on any atom is -0.481 e. The minimum absolute atomic E-state index is 0.0407. The topological polar surface area (TPSA) is 64.3 Å². The third-order valence-electron chi connectivity index (χ3n) is 2.92. The third-order valence-corrected chi connectivity index (χ3v) is 4.61. The predicted molar refractivity (Wildman–Crippen MR) is 84.6 cm³/mol. The van der Waals surface area contributed by atoms with Crippen molar-refractivity contribution in [3.05, 3.63) is 22.2 Å². The molecule has 0 aliphatic carbocycles. The summed E-state index contributed by atoms with van der Waals surface area (Å²) in [5.74, 6) is -0.957. The van der Waals surface area contributed by atoms with Gasteiger partial charge in [-0.3, -0.25) is 4.79 Å². The van der Waals surface area contributed by atoms with Gasteiger partial charge in [-0.2, -0.15) is 0 Å². The molecule has 114 valence electrons. The number of aliphatic carboxylic acids is 1. The molecule has 0 radical (unpaired) electrons. The molecule has 0 bridgehead atoms. The van der Waals surface area contributed by atoms with Gasteiger partial charge in [0.15, 0.2) is 5.16 Å².